The molecule has 0 atom stereocenters. The summed E-state index contributed by atoms with van der Waals surface area (Å²) in [6.45, 7) is 7.29. The van der Waals surface area contributed by atoms with E-state index in [0.29, 0.717) is 0 Å². The highest BCUT2D eigenvalue weighted by molar-refractivity contribution is 6.51. The standard InChI is InChI=1S/C10H14BN2O2/c1-10(2,3)15-9(14)8-12-5-7(11-4)6-13-8/h5-6H,1-4H3. The van der Waals surface area contributed by atoms with Crippen molar-refractivity contribution >= 4 is 18.7 Å². The van der Waals surface area contributed by atoms with Gasteiger partial charge in [-0.05, 0) is 20.8 Å². The lowest BCUT2D eigenvalue weighted by atomic mass is 9.75. The van der Waals surface area contributed by atoms with Crippen LogP contribution in [-0.4, -0.2) is 28.8 Å². The number of nitrogens with zero attached hydrogens (tertiary/aromatic N) is 2. The van der Waals surface area contributed by atoms with Crippen molar-refractivity contribution in [3.63, 3.8) is 0 Å². The zero-order valence-corrected chi connectivity index (χ0v) is 9.44. The van der Waals surface area contributed by atoms with Gasteiger partial charge in [-0.3, -0.25) is 0 Å². The lowest BCUT2D eigenvalue weighted by Gasteiger charge is -2.18. The molecule has 0 aromatic carbocycles. The van der Waals surface area contributed by atoms with E-state index in [1.165, 1.54) is 0 Å². The SMILES string of the molecule is C[B]c1cnc(C(=O)OC(C)(C)C)nc1. The van der Waals surface area contributed by atoms with Crippen LogP contribution in [0.3, 0.4) is 0 Å². The minimum absolute atomic E-state index is 0.0931. The molecule has 4 nitrogen and oxygen atoms in total. The third kappa shape index (κ3) is 3.69. The van der Waals surface area contributed by atoms with Gasteiger partial charge in [-0.25, -0.2) is 14.8 Å². The van der Waals surface area contributed by atoms with Crippen molar-refractivity contribution in [2.75, 3.05) is 0 Å². The van der Waals surface area contributed by atoms with Crippen LogP contribution in [0.2, 0.25) is 6.82 Å². The summed E-state index contributed by atoms with van der Waals surface area (Å²) in [5.74, 6) is -0.402. The molecule has 0 N–H and O–H groups in total. The Labute approximate surface area is 90.3 Å². The van der Waals surface area contributed by atoms with Crippen LogP contribution in [0.5, 0.6) is 0 Å². The first-order valence-corrected chi connectivity index (χ1v) is 4.77. The van der Waals surface area contributed by atoms with E-state index < -0.39 is 11.6 Å². The molecule has 5 heteroatoms. The maximum atomic E-state index is 11.5. The molecule has 1 rings (SSSR count). The number of hydrogen-bond acceptors (Lipinski definition) is 4. The smallest absolute Gasteiger partial charge is 0.376 e. The van der Waals surface area contributed by atoms with Gasteiger partial charge in [0.05, 0.1) is 0 Å². The van der Waals surface area contributed by atoms with Crippen molar-refractivity contribution in [3.8, 4) is 0 Å². The topological polar surface area (TPSA) is 52.1 Å². The van der Waals surface area contributed by atoms with Crippen LogP contribution in [-0.2, 0) is 4.74 Å². The first-order chi connectivity index (χ1) is 6.92. The molecule has 0 aliphatic rings. The van der Waals surface area contributed by atoms with Crippen LogP contribution in [0.4, 0.5) is 0 Å². The Hall–Kier alpha value is -1.39. The largest absolute Gasteiger partial charge is 0.454 e. The van der Waals surface area contributed by atoms with E-state index in [1.54, 1.807) is 33.2 Å². The van der Waals surface area contributed by atoms with Crippen molar-refractivity contribution in [2.45, 2.75) is 33.2 Å². The molecule has 0 fully saturated rings. The molecule has 0 aliphatic heterocycles. The number of esters is 1. The van der Waals surface area contributed by atoms with Crippen molar-refractivity contribution in [1.82, 2.24) is 9.97 Å². The first-order valence-electron chi connectivity index (χ1n) is 4.77. The van der Waals surface area contributed by atoms with Crippen molar-refractivity contribution in [2.24, 2.45) is 0 Å². The van der Waals surface area contributed by atoms with Gasteiger partial charge in [0.2, 0.25) is 5.82 Å². The highest BCUT2D eigenvalue weighted by Gasteiger charge is 2.19. The predicted octanol–water partition coefficient (Wildman–Crippen LogP) is 0.809. The van der Waals surface area contributed by atoms with Gasteiger partial charge in [0.15, 0.2) is 7.28 Å². The van der Waals surface area contributed by atoms with Gasteiger partial charge in [0, 0.05) is 12.4 Å². The molecule has 0 aliphatic carbocycles. The molecule has 1 heterocycles. The van der Waals surface area contributed by atoms with Gasteiger partial charge < -0.3 is 4.74 Å². The monoisotopic (exact) mass is 205 g/mol. The molecular weight excluding hydrogens is 191 g/mol. The molecule has 1 aromatic rings. The number of carbonyl (C=O) groups excluding carboxylic acids is 1. The van der Waals surface area contributed by atoms with Gasteiger partial charge in [0.1, 0.15) is 5.60 Å². The van der Waals surface area contributed by atoms with E-state index in [0.717, 1.165) is 5.46 Å². The fourth-order valence-corrected chi connectivity index (χ4v) is 0.916. The molecule has 1 radical (unpaired) electrons. The van der Waals surface area contributed by atoms with Crippen molar-refractivity contribution in [1.29, 1.82) is 0 Å². The molecular formula is C10H14BN2O2. The quantitative estimate of drug-likeness (QED) is 0.529. The van der Waals surface area contributed by atoms with Crippen LogP contribution in [0.15, 0.2) is 12.4 Å². The van der Waals surface area contributed by atoms with Crippen LogP contribution in [0.1, 0.15) is 31.4 Å². The summed E-state index contributed by atoms with van der Waals surface area (Å²) >= 11 is 0. The highest BCUT2D eigenvalue weighted by atomic mass is 16.6. The molecule has 0 saturated carbocycles. The Morgan fingerprint density at radius 2 is 1.87 bits per heavy atom. The van der Waals surface area contributed by atoms with Crippen molar-refractivity contribution in [3.05, 3.63) is 18.2 Å². The van der Waals surface area contributed by atoms with E-state index in [9.17, 15) is 4.79 Å². The Balaban J connectivity index is 2.75. The second-order valence-electron chi connectivity index (χ2n) is 4.13. The zero-order valence-electron chi connectivity index (χ0n) is 9.44. The third-order valence-electron chi connectivity index (χ3n) is 1.59. The molecule has 0 bridgehead atoms. The number of hydrogen-bond donors (Lipinski definition) is 0. The van der Waals surface area contributed by atoms with E-state index >= 15 is 0 Å². The van der Waals surface area contributed by atoms with E-state index in [-0.39, 0.29) is 5.82 Å². The Kier molecular flexibility index (Phi) is 3.45. The summed E-state index contributed by atoms with van der Waals surface area (Å²) in [7, 11) is 1.86. The molecule has 0 spiro atoms. The molecule has 0 unspecified atom stereocenters. The zero-order chi connectivity index (χ0) is 11.5. The van der Waals surface area contributed by atoms with E-state index in [1.807, 2.05) is 14.1 Å². The molecule has 1 aromatic heterocycles. The van der Waals surface area contributed by atoms with E-state index in [4.69, 9.17) is 4.74 Å². The number of ether oxygens (including phenoxy) is 1. The fraction of sp³-hybridized carbons (Fsp3) is 0.500. The summed E-state index contributed by atoms with van der Waals surface area (Å²) in [4.78, 5) is 19.3. The van der Waals surface area contributed by atoms with Crippen LogP contribution >= 0.6 is 0 Å². The average Bonchev–Trinajstić information content (AvgIpc) is 2.15. The molecule has 0 amide bonds. The number of rotatable bonds is 2. The second-order valence-corrected chi connectivity index (χ2v) is 4.13. The van der Waals surface area contributed by atoms with Crippen LogP contribution in [0, 0.1) is 0 Å². The lowest BCUT2D eigenvalue weighted by molar-refractivity contribution is 0.00556. The summed E-state index contributed by atoms with van der Waals surface area (Å²) < 4.78 is 5.12. The Morgan fingerprint density at radius 1 is 1.33 bits per heavy atom. The van der Waals surface area contributed by atoms with Gasteiger partial charge in [-0.15, -0.1) is 0 Å². The van der Waals surface area contributed by atoms with Gasteiger partial charge in [-0.2, -0.15) is 0 Å². The number of aromatic nitrogens is 2. The summed E-state index contributed by atoms with van der Waals surface area (Å²) in [5.41, 5.74) is 0.359. The number of carbonyl (C=O) groups is 1. The maximum absolute atomic E-state index is 11.5. The normalized spacial score (nSPS) is 10.9. The van der Waals surface area contributed by atoms with Gasteiger partial charge >= 0.3 is 5.97 Å². The lowest BCUT2D eigenvalue weighted by Crippen LogP contribution is -2.26. The van der Waals surface area contributed by atoms with E-state index in [2.05, 4.69) is 9.97 Å². The Morgan fingerprint density at radius 3 is 2.27 bits per heavy atom. The fourth-order valence-electron chi connectivity index (χ4n) is 0.916. The maximum Gasteiger partial charge on any atom is 0.376 e. The summed E-state index contributed by atoms with van der Waals surface area (Å²) in [5, 5.41) is 0. The minimum atomic E-state index is -0.518. The van der Waals surface area contributed by atoms with Gasteiger partial charge in [-0.1, -0.05) is 12.3 Å². The summed E-state index contributed by atoms with van der Waals surface area (Å²) in [6, 6.07) is 0. The minimum Gasteiger partial charge on any atom is -0.454 e. The van der Waals surface area contributed by atoms with Gasteiger partial charge in [0.25, 0.3) is 0 Å². The predicted molar refractivity (Wildman–Crippen MR) is 58.5 cm³/mol. The molecule has 79 valence electrons. The summed E-state index contributed by atoms with van der Waals surface area (Å²) in [6.07, 6.45) is 3.18. The van der Waals surface area contributed by atoms with Crippen LogP contribution < -0.4 is 5.46 Å². The highest BCUT2D eigenvalue weighted by Crippen LogP contribution is 2.08. The molecule has 0 saturated heterocycles. The second kappa shape index (κ2) is 4.42. The molecule has 15 heavy (non-hydrogen) atoms. The van der Waals surface area contributed by atoms with Crippen molar-refractivity contribution < 1.29 is 9.53 Å². The first kappa shape index (κ1) is 11.7. The Bertz CT molecular complexity index is 343. The van der Waals surface area contributed by atoms with Crippen LogP contribution in [0.25, 0.3) is 0 Å². The average molecular weight is 205 g/mol. The third-order valence-corrected chi connectivity index (χ3v) is 1.59.